The highest BCUT2D eigenvalue weighted by atomic mass is 127. The second kappa shape index (κ2) is 5.00. The maximum atomic E-state index is 4.32. The van der Waals surface area contributed by atoms with Gasteiger partial charge in [0.05, 0.1) is 3.57 Å². The van der Waals surface area contributed by atoms with Crippen molar-refractivity contribution in [1.29, 1.82) is 0 Å². The smallest absolute Gasteiger partial charge is 0.149 e. The Bertz CT molecular complexity index is 520. The van der Waals surface area contributed by atoms with Gasteiger partial charge in [0.15, 0.2) is 0 Å². The Morgan fingerprint density at radius 2 is 1.76 bits per heavy atom. The maximum Gasteiger partial charge on any atom is 0.149 e. The van der Waals surface area contributed by atoms with Gasteiger partial charge >= 0.3 is 0 Å². The molecule has 2 aromatic rings. The summed E-state index contributed by atoms with van der Waals surface area (Å²) in [6, 6.07) is 6.48. The molecule has 0 N–H and O–H groups in total. The van der Waals surface area contributed by atoms with Crippen molar-refractivity contribution in [3.05, 3.63) is 45.4 Å². The molecule has 3 nitrogen and oxygen atoms in total. The summed E-state index contributed by atoms with van der Waals surface area (Å²) in [5.74, 6) is 0.936. The van der Waals surface area contributed by atoms with Crippen LogP contribution in [0.2, 0.25) is 0 Å². The van der Waals surface area contributed by atoms with Crippen LogP contribution in [0.1, 0.15) is 11.1 Å². The Kier molecular flexibility index (Phi) is 3.61. The highest BCUT2D eigenvalue weighted by Crippen LogP contribution is 2.26. The van der Waals surface area contributed by atoms with Gasteiger partial charge in [-0.3, -0.25) is 0 Å². The average Bonchev–Trinajstić information content (AvgIpc) is 2.27. The van der Waals surface area contributed by atoms with Crippen molar-refractivity contribution < 1.29 is 0 Å². The van der Waals surface area contributed by atoms with Crippen LogP contribution in [0.15, 0.2) is 30.7 Å². The topological polar surface area (TPSA) is 29.0 Å². The molecule has 0 saturated heterocycles. The van der Waals surface area contributed by atoms with Crippen LogP contribution in [0.3, 0.4) is 0 Å². The van der Waals surface area contributed by atoms with Crippen LogP contribution < -0.4 is 4.90 Å². The number of nitrogens with zero attached hydrogens (tertiary/aromatic N) is 3. The lowest BCUT2D eigenvalue weighted by Crippen LogP contribution is -2.13. The monoisotopic (exact) mass is 339 g/mol. The summed E-state index contributed by atoms with van der Waals surface area (Å²) in [6.07, 6.45) is 3.40. The zero-order valence-electron chi connectivity index (χ0n) is 10.1. The number of hydrogen-bond donors (Lipinski definition) is 0. The van der Waals surface area contributed by atoms with Gasteiger partial charge in [-0.15, -0.1) is 0 Å². The summed E-state index contributed by atoms with van der Waals surface area (Å²) in [7, 11) is 2.03. The van der Waals surface area contributed by atoms with Crippen molar-refractivity contribution >= 4 is 34.1 Å². The van der Waals surface area contributed by atoms with Gasteiger partial charge in [0.1, 0.15) is 12.1 Å². The Balaban J connectivity index is 2.43. The molecule has 1 heterocycles. The molecule has 0 fully saturated rings. The van der Waals surface area contributed by atoms with Crippen molar-refractivity contribution in [2.45, 2.75) is 13.8 Å². The van der Waals surface area contributed by atoms with Crippen molar-refractivity contribution in [2.24, 2.45) is 0 Å². The zero-order valence-corrected chi connectivity index (χ0v) is 12.3. The fourth-order valence-electron chi connectivity index (χ4n) is 1.82. The highest BCUT2D eigenvalue weighted by molar-refractivity contribution is 14.1. The van der Waals surface area contributed by atoms with Gasteiger partial charge in [-0.25, -0.2) is 9.97 Å². The van der Waals surface area contributed by atoms with Gasteiger partial charge in [-0.2, -0.15) is 0 Å². The van der Waals surface area contributed by atoms with Gasteiger partial charge in [-0.05, 0) is 59.7 Å². The lowest BCUT2D eigenvalue weighted by Gasteiger charge is -2.20. The molecule has 0 spiro atoms. The Morgan fingerprint density at radius 3 is 2.35 bits per heavy atom. The number of rotatable bonds is 2. The van der Waals surface area contributed by atoms with E-state index in [2.05, 4.69) is 69.5 Å². The highest BCUT2D eigenvalue weighted by Gasteiger charge is 2.09. The van der Waals surface area contributed by atoms with Crippen LogP contribution in [-0.4, -0.2) is 17.0 Å². The second-order valence-corrected chi connectivity index (χ2v) is 5.26. The molecule has 1 aromatic carbocycles. The number of anilines is 2. The first-order chi connectivity index (χ1) is 8.08. The average molecular weight is 339 g/mol. The molecule has 4 heteroatoms. The van der Waals surface area contributed by atoms with Gasteiger partial charge < -0.3 is 4.90 Å². The largest absolute Gasteiger partial charge is 0.328 e. The summed E-state index contributed by atoms with van der Waals surface area (Å²) in [5.41, 5.74) is 3.67. The first-order valence-electron chi connectivity index (χ1n) is 5.35. The standard InChI is InChI=1S/C13H14IN3/c1-9-4-10(2)6-11(5-9)17(3)13-12(14)7-15-8-16-13/h4-8H,1-3H3. The molecule has 88 valence electrons. The summed E-state index contributed by atoms with van der Waals surface area (Å²) in [6.45, 7) is 4.21. The van der Waals surface area contributed by atoms with Crippen molar-refractivity contribution in [2.75, 3.05) is 11.9 Å². The van der Waals surface area contributed by atoms with E-state index in [1.54, 1.807) is 6.33 Å². The van der Waals surface area contributed by atoms with Gasteiger partial charge in [0.2, 0.25) is 0 Å². The van der Waals surface area contributed by atoms with E-state index in [1.807, 2.05) is 13.2 Å². The minimum Gasteiger partial charge on any atom is -0.328 e. The van der Waals surface area contributed by atoms with E-state index in [4.69, 9.17) is 0 Å². The third kappa shape index (κ3) is 2.74. The van der Waals surface area contributed by atoms with Crippen LogP contribution in [0.5, 0.6) is 0 Å². The molecule has 0 saturated carbocycles. The molecule has 0 unspecified atom stereocenters. The molecule has 0 aliphatic rings. The summed E-state index contributed by atoms with van der Waals surface area (Å²) < 4.78 is 1.05. The van der Waals surface area contributed by atoms with Crippen LogP contribution in [0.25, 0.3) is 0 Å². The minimum absolute atomic E-state index is 0.936. The number of halogens is 1. The number of aromatic nitrogens is 2. The third-order valence-corrected chi connectivity index (χ3v) is 3.32. The molecule has 0 bridgehead atoms. The molecule has 2 rings (SSSR count). The van der Waals surface area contributed by atoms with E-state index in [0.29, 0.717) is 0 Å². The Hall–Kier alpha value is -1.17. The molecule has 17 heavy (non-hydrogen) atoms. The zero-order chi connectivity index (χ0) is 12.4. The van der Waals surface area contributed by atoms with Crippen molar-refractivity contribution in [1.82, 2.24) is 9.97 Å². The molecular weight excluding hydrogens is 325 g/mol. The van der Waals surface area contributed by atoms with Crippen LogP contribution in [-0.2, 0) is 0 Å². The number of hydrogen-bond acceptors (Lipinski definition) is 3. The SMILES string of the molecule is Cc1cc(C)cc(N(C)c2ncncc2I)c1. The van der Waals surface area contributed by atoms with E-state index >= 15 is 0 Å². The van der Waals surface area contributed by atoms with E-state index in [0.717, 1.165) is 15.1 Å². The summed E-state index contributed by atoms with van der Waals surface area (Å²) in [5, 5.41) is 0. The van der Waals surface area contributed by atoms with E-state index in [9.17, 15) is 0 Å². The van der Waals surface area contributed by atoms with Crippen molar-refractivity contribution in [3.63, 3.8) is 0 Å². The van der Waals surface area contributed by atoms with E-state index < -0.39 is 0 Å². The lowest BCUT2D eigenvalue weighted by molar-refractivity contribution is 1.06. The molecule has 0 aliphatic carbocycles. The summed E-state index contributed by atoms with van der Waals surface area (Å²) in [4.78, 5) is 10.4. The first kappa shape index (κ1) is 12.3. The Labute approximate surface area is 115 Å². The first-order valence-corrected chi connectivity index (χ1v) is 6.43. The molecule has 0 aliphatic heterocycles. The third-order valence-electron chi connectivity index (χ3n) is 2.56. The molecule has 0 radical (unpaired) electrons. The van der Waals surface area contributed by atoms with Crippen LogP contribution in [0, 0.1) is 17.4 Å². The van der Waals surface area contributed by atoms with Crippen LogP contribution >= 0.6 is 22.6 Å². The van der Waals surface area contributed by atoms with Crippen molar-refractivity contribution in [3.8, 4) is 0 Å². The second-order valence-electron chi connectivity index (χ2n) is 4.10. The molecular formula is C13H14IN3. The number of aryl methyl sites for hydroxylation is 2. The predicted molar refractivity (Wildman–Crippen MR) is 78.7 cm³/mol. The Morgan fingerprint density at radius 1 is 1.12 bits per heavy atom. The normalized spacial score (nSPS) is 10.4. The fourth-order valence-corrected chi connectivity index (χ4v) is 2.48. The number of benzene rings is 1. The summed E-state index contributed by atoms with van der Waals surface area (Å²) >= 11 is 2.25. The molecule has 0 amide bonds. The predicted octanol–water partition coefficient (Wildman–Crippen LogP) is 3.47. The van der Waals surface area contributed by atoms with Crippen LogP contribution in [0.4, 0.5) is 11.5 Å². The van der Waals surface area contributed by atoms with E-state index in [1.165, 1.54) is 11.1 Å². The minimum atomic E-state index is 0.936. The fraction of sp³-hybridized carbons (Fsp3) is 0.231. The van der Waals surface area contributed by atoms with Gasteiger partial charge in [0.25, 0.3) is 0 Å². The van der Waals surface area contributed by atoms with Gasteiger partial charge in [0, 0.05) is 18.9 Å². The van der Waals surface area contributed by atoms with E-state index in [-0.39, 0.29) is 0 Å². The quantitative estimate of drug-likeness (QED) is 0.785. The maximum absolute atomic E-state index is 4.32. The molecule has 0 atom stereocenters. The lowest BCUT2D eigenvalue weighted by atomic mass is 10.1. The van der Waals surface area contributed by atoms with Gasteiger partial charge in [-0.1, -0.05) is 6.07 Å². The molecule has 1 aromatic heterocycles.